The van der Waals surface area contributed by atoms with Crippen molar-refractivity contribution in [3.63, 3.8) is 0 Å². The molecule has 1 aliphatic rings. The number of H-pyrrole nitrogens is 1. The van der Waals surface area contributed by atoms with E-state index in [1.54, 1.807) is 7.11 Å². The first-order chi connectivity index (χ1) is 10.2. The van der Waals surface area contributed by atoms with Crippen molar-refractivity contribution in [3.8, 4) is 22.8 Å². The average Bonchev–Trinajstić information content (AvgIpc) is 2.92. The molecule has 1 aromatic heterocycles. The van der Waals surface area contributed by atoms with Crippen LogP contribution in [0.1, 0.15) is 10.5 Å². The van der Waals surface area contributed by atoms with Crippen molar-refractivity contribution in [2.24, 2.45) is 0 Å². The quantitative estimate of drug-likeness (QED) is 0.881. The molecule has 110 valence electrons. The first-order valence-electron chi connectivity index (χ1n) is 6.39. The maximum atomic E-state index is 11.0. The van der Waals surface area contributed by atoms with Crippen molar-refractivity contribution >= 4 is 17.7 Å². The van der Waals surface area contributed by atoms with E-state index in [1.807, 2.05) is 30.0 Å². The van der Waals surface area contributed by atoms with E-state index in [1.165, 1.54) is 6.07 Å². The van der Waals surface area contributed by atoms with Gasteiger partial charge in [0.2, 0.25) is 0 Å². The number of nitrogens with zero attached hydrogens (tertiary/aromatic N) is 1. The molecule has 2 heterocycles. The number of rotatable bonds is 5. The van der Waals surface area contributed by atoms with E-state index in [2.05, 4.69) is 10.2 Å². The summed E-state index contributed by atoms with van der Waals surface area (Å²) in [6.45, 7) is 0. The first-order valence-corrected chi connectivity index (χ1v) is 7.55. The predicted octanol–water partition coefficient (Wildman–Crippen LogP) is 2.28. The van der Waals surface area contributed by atoms with Gasteiger partial charge in [0.25, 0.3) is 0 Å². The smallest absolute Gasteiger partial charge is 0.353 e. The number of carboxylic acids is 1. The van der Waals surface area contributed by atoms with E-state index in [4.69, 9.17) is 14.6 Å². The Morgan fingerprint density at radius 3 is 2.86 bits per heavy atom. The molecule has 1 saturated heterocycles. The Morgan fingerprint density at radius 2 is 2.29 bits per heavy atom. The van der Waals surface area contributed by atoms with Gasteiger partial charge in [0.15, 0.2) is 11.5 Å². The maximum absolute atomic E-state index is 11.0. The van der Waals surface area contributed by atoms with Crippen molar-refractivity contribution < 1.29 is 19.4 Å². The van der Waals surface area contributed by atoms with Crippen molar-refractivity contribution in [1.82, 2.24) is 10.2 Å². The molecule has 1 aliphatic heterocycles. The highest BCUT2D eigenvalue weighted by Gasteiger charge is 2.24. The molecule has 6 nitrogen and oxygen atoms in total. The van der Waals surface area contributed by atoms with Gasteiger partial charge >= 0.3 is 5.97 Å². The summed E-state index contributed by atoms with van der Waals surface area (Å²) < 4.78 is 11.3. The van der Waals surface area contributed by atoms with Crippen molar-refractivity contribution in [2.75, 3.05) is 18.6 Å². The normalized spacial score (nSPS) is 14.5. The summed E-state index contributed by atoms with van der Waals surface area (Å²) in [5.74, 6) is 2.06. The highest BCUT2D eigenvalue weighted by Crippen LogP contribution is 2.39. The van der Waals surface area contributed by atoms with Gasteiger partial charge in [-0.25, -0.2) is 4.79 Å². The summed E-state index contributed by atoms with van der Waals surface area (Å²) in [6, 6.07) is 6.96. The van der Waals surface area contributed by atoms with Crippen molar-refractivity contribution in [3.05, 3.63) is 30.0 Å². The molecule has 0 unspecified atom stereocenters. The number of aromatic nitrogens is 2. The molecule has 0 amide bonds. The fourth-order valence-corrected chi connectivity index (χ4v) is 2.58. The molecule has 0 bridgehead atoms. The molecule has 7 heteroatoms. The molecule has 2 aromatic rings. The van der Waals surface area contributed by atoms with E-state index in [-0.39, 0.29) is 11.8 Å². The van der Waals surface area contributed by atoms with E-state index in [0.717, 1.165) is 17.1 Å². The number of aromatic amines is 1. The summed E-state index contributed by atoms with van der Waals surface area (Å²) in [7, 11) is 1.58. The van der Waals surface area contributed by atoms with Gasteiger partial charge < -0.3 is 14.6 Å². The van der Waals surface area contributed by atoms with Crippen molar-refractivity contribution in [2.45, 2.75) is 6.10 Å². The highest BCUT2D eigenvalue weighted by molar-refractivity contribution is 8.00. The van der Waals surface area contributed by atoms with Gasteiger partial charge in [-0.05, 0) is 18.2 Å². The maximum Gasteiger partial charge on any atom is 0.353 e. The second kappa shape index (κ2) is 5.69. The predicted molar refractivity (Wildman–Crippen MR) is 79.3 cm³/mol. The Labute approximate surface area is 125 Å². The minimum absolute atomic E-state index is 0.0398. The van der Waals surface area contributed by atoms with Crippen LogP contribution in [0.5, 0.6) is 11.5 Å². The van der Waals surface area contributed by atoms with Crippen LogP contribution in [0.4, 0.5) is 0 Å². The molecule has 0 radical (unpaired) electrons. The van der Waals surface area contributed by atoms with Gasteiger partial charge in [0, 0.05) is 17.1 Å². The zero-order valence-electron chi connectivity index (χ0n) is 11.3. The molecule has 21 heavy (non-hydrogen) atoms. The van der Waals surface area contributed by atoms with Gasteiger partial charge in [0.1, 0.15) is 11.8 Å². The van der Waals surface area contributed by atoms with Gasteiger partial charge in [-0.3, -0.25) is 5.10 Å². The number of aromatic carboxylic acids is 1. The van der Waals surface area contributed by atoms with Crippen LogP contribution in [0.2, 0.25) is 0 Å². The summed E-state index contributed by atoms with van der Waals surface area (Å²) in [5.41, 5.74) is 1.28. The molecular formula is C14H14N2O4S. The van der Waals surface area contributed by atoms with Crippen LogP contribution in [0.15, 0.2) is 24.3 Å². The van der Waals surface area contributed by atoms with E-state index < -0.39 is 5.97 Å². The average molecular weight is 306 g/mol. The standard InChI is InChI=1S/C14H14N2O4S/c1-19-12-4-2-3-9(13(12)20-8-6-21-7-8)10-5-11(14(17)18)16-15-10/h2-5,8H,6-7H2,1H3,(H,15,16)(H,17,18). The molecule has 0 aliphatic carbocycles. The number of hydrogen-bond donors (Lipinski definition) is 2. The van der Waals surface area contributed by atoms with Crippen molar-refractivity contribution in [1.29, 1.82) is 0 Å². The SMILES string of the molecule is COc1cccc(-c2cc(C(=O)O)[nH]n2)c1OC1CSC1. The topological polar surface area (TPSA) is 84.4 Å². The van der Waals surface area contributed by atoms with E-state index >= 15 is 0 Å². The van der Waals surface area contributed by atoms with E-state index in [0.29, 0.717) is 17.2 Å². The molecular weight excluding hydrogens is 292 g/mol. The molecule has 1 fully saturated rings. The fourth-order valence-electron chi connectivity index (χ4n) is 2.02. The molecule has 1 aromatic carbocycles. The number of hydrogen-bond acceptors (Lipinski definition) is 5. The third kappa shape index (κ3) is 2.69. The number of ether oxygens (including phenoxy) is 2. The molecule has 3 rings (SSSR count). The number of para-hydroxylation sites is 1. The molecule has 2 N–H and O–H groups in total. The number of benzene rings is 1. The lowest BCUT2D eigenvalue weighted by Gasteiger charge is -2.27. The second-order valence-corrected chi connectivity index (χ2v) is 5.66. The van der Waals surface area contributed by atoms with Gasteiger partial charge in [-0.2, -0.15) is 16.9 Å². The number of nitrogens with one attached hydrogen (secondary N) is 1. The Morgan fingerprint density at radius 1 is 1.48 bits per heavy atom. The van der Waals surface area contributed by atoms with Crippen LogP contribution >= 0.6 is 11.8 Å². The second-order valence-electron chi connectivity index (χ2n) is 4.59. The fraction of sp³-hybridized carbons (Fsp3) is 0.286. The van der Waals surface area contributed by atoms with Crippen LogP contribution in [0.25, 0.3) is 11.3 Å². The summed E-state index contributed by atoms with van der Waals surface area (Å²) in [5, 5.41) is 15.5. The minimum Gasteiger partial charge on any atom is -0.493 e. The highest BCUT2D eigenvalue weighted by atomic mass is 32.2. The number of thioether (sulfide) groups is 1. The zero-order chi connectivity index (χ0) is 14.8. The van der Waals surface area contributed by atoms with Crippen LogP contribution in [0, 0.1) is 0 Å². The Kier molecular flexibility index (Phi) is 3.74. The minimum atomic E-state index is -1.05. The lowest BCUT2D eigenvalue weighted by molar-refractivity contribution is 0.0690. The number of carboxylic acid groups (broad SMARTS) is 1. The van der Waals surface area contributed by atoms with Gasteiger partial charge in [-0.1, -0.05) is 6.07 Å². The third-order valence-electron chi connectivity index (χ3n) is 3.18. The summed E-state index contributed by atoms with van der Waals surface area (Å²) >= 11 is 1.82. The van der Waals surface area contributed by atoms with Crippen LogP contribution in [-0.4, -0.2) is 46.0 Å². The monoisotopic (exact) mass is 306 g/mol. The molecule has 0 atom stereocenters. The summed E-state index contributed by atoms with van der Waals surface area (Å²) in [6.07, 6.45) is 0.155. The van der Waals surface area contributed by atoms with Gasteiger partial charge in [0.05, 0.1) is 12.8 Å². The zero-order valence-corrected chi connectivity index (χ0v) is 12.1. The van der Waals surface area contributed by atoms with Crippen LogP contribution in [0.3, 0.4) is 0 Å². The van der Waals surface area contributed by atoms with Crippen LogP contribution in [-0.2, 0) is 0 Å². The van der Waals surface area contributed by atoms with E-state index in [9.17, 15) is 4.79 Å². The summed E-state index contributed by atoms with van der Waals surface area (Å²) in [4.78, 5) is 11.0. The third-order valence-corrected chi connectivity index (χ3v) is 4.39. The number of carbonyl (C=O) groups is 1. The Balaban J connectivity index is 2.00. The Bertz CT molecular complexity index is 667. The molecule has 0 spiro atoms. The lowest BCUT2D eigenvalue weighted by atomic mass is 10.1. The largest absolute Gasteiger partial charge is 0.493 e. The van der Waals surface area contributed by atoms with Crippen LogP contribution < -0.4 is 9.47 Å². The molecule has 0 saturated carbocycles. The number of methoxy groups -OCH3 is 1. The van der Waals surface area contributed by atoms with Gasteiger partial charge in [-0.15, -0.1) is 0 Å². The lowest BCUT2D eigenvalue weighted by Crippen LogP contribution is -2.31. The first kappa shape index (κ1) is 13.8. The Hall–Kier alpha value is -2.15.